The summed E-state index contributed by atoms with van der Waals surface area (Å²) in [6.07, 6.45) is 6.04. The summed E-state index contributed by atoms with van der Waals surface area (Å²) in [5.41, 5.74) is 0. The third-order valence-electron chi connectivity index (χ3n) is 1.74. The predicted molar refractivity (Wildman–Crippen MR) is 56.2 cm³/mol. The van der Waals surface area contributed by atoms with E-state index >= 15 is 0 Å². The summed E-state index contributed by atoms with van der Waals surface area (Å²) >= 11 is 2.02. The third kappa shape index (κ3) is 6.49. The lowest BCUT2D eigenvalue weighted by molar-refractivity contribution is 0.712. The molecule has 0 rings (SSSR count). The maximum atomic E-state index is 3.77. The minimum Gasteiger partial charge on any atom is -0.152 e. The molecule has 11 heavy (non-hydrogen) atoms. The second kappa shape index (κ2) is 6.78. The average Bonchev–Trinajstić information content (AvgIpc) is 2.00. The summed E-state index contributed by atoms with van der Waals surface area (Å²) < 4.78 is 0. The maximum absolute atomic E-state index is 3.77. The molecule has 0 radical (unpaired) electrons. The fraction of sp³-hybridized carbons (Fsp3) is 0.800. The van der Waals surface area contributed by atoms with Crippen molar-refractivity contribution in [3.05, 3.63) is 12.7 Å². The highest BCUT2D eigenvalue weighted by Gasteiger charge is 2.04. The molecule has 0 bridgehead atoms. The van der Waals surface area contributed by atoms with Gasteiger partial charge in [0.15, 0.2) is 0 Å². The van der Waals surface area contributed by atoms with E-state index in [1.807, 2.05) is 17.8 Å². The summed E-state index contributed by atoms with van der Waals surface area (Å²) in [6.45, 7) is 10.5. The molecule has 0 saturated carbocycles. The van der Waals surface area contributed by atoms with Gasteiger partial charge >= 0.3 is 0 Å². The van der Waals surface area contributed by atoms with Gasteiger partial charge in [0.2, 0.25) is 0 Å². The van der Waals surface area contributed by atoms with Crippen LogP contribution in [0.4, 0.5) is 0 Å². The zero-order valence-corrected chi connectivity index (χ0v) is 8.79. The van der Waals surface area contributed by atoms with Crippen LogP contribution in [0.2, 0.25) is 0 Å². The lowest BCUT2D eigenvalue weighted by Gasteiger charge is -2.13. The Bertz CT molecular complexity index is 99.0. The van der Waals surface area contributed by atoms with Crippen molar-refractivity contribution in [2.45, 2.75) is 50.5 Å². The van der Waals surface area contributed by atoms with E-state index in [4.69, 9.17) is 0 Å². The van der Waals surface area contributed by atoms with Crippen molar-refractivity contribution < 1.29 is 0 Å². The highest BCUT2D eigenvalue weighted by Crippen LogP contribution is 2.21. The Balaban J connectivity index is 3.34. The van der Waals surface area contributed by atoms with Crippen LogP contribution in [0, 0.1) is 0 Å². The molecule has 0 nitrogen and oxygen atoms in total. The van der Waals surface area contributed by atoms with Gasteiger partial charge in [-0.05, 0) is 13.3 Å². The van der Waals surface area contributed by atoms with Crippen LogP contribution in [0.1, 0.15) is 40.0 Å². The van der Waals surface area contributed by atoms with Crippen LogP contribution < -0.4 is 0 Å². The Kier molecular flexibility index (Phi) is 6.83. The van der Waals surface area contributed by atoms with E-state index in [9.17, 15) is 0 Å². The molecule has 2 atom stereocenters. The first-order chi connectivity index (χ1) is 5.20. The van der Waals surface area contributed by atoms with Crippen LogP contribution in [0.5, 0.6) is 0 Å². The van der Waals surface area contributed by atoms with E-state index in [-0.39, 0.29) is 0 Å². The van der Waals surface area contributed by atoms with Crippen molar-refractivity contribution >= 4 is 11.8 Å². The number of hydrogen-bond donors (Lipinski definition) is 0. The van der Waals surface area contributed by atoms with E-state index < -0.39 is 0 Å². The lowest BCUT2D eigenvalue weighted by atomic mass is 10.2. The molecule has 0 aliphatic carbocycles. The van der Waals surface area contributed by atoms with Gasteiger partial charge in [-0.1, -0.05) is 32.8 Å². The molecule has 0 spiro atoms. The maximum Gasteiger partial charge on any atom is 0.0198 e. The van der Waals surface area contributed by atoms with Crippen molar-refractivity contribution in [1.82, 2.24) is 0 Å². The van der Waals surface area contributed by atoms with E-state index in [0.717, 1.165) is 5.25 Å². The third-order valence-corrected chi connectivity index (χ3v) is 3.07. The zero-order valence-electron chi connectivity index (χ0n) is 7.97. The topological polar surface area (TPSA) is 0 Å². The molecule has 0 aromatic heterocycles. The lowest BCUT2D eigenvalue weighted by Crippen LogP contribution is -2.01. The highest BCUT2D eigenvalue weighted by atomic mass is 32.2. The molecule has 0 fully saturated rings. The van der Waals surface area contributed by atoms with Crippen molar-refractivity contribution in [1.29, 1.82) is 0 Å². The van der Waals surface area contributed by atoms with Gasteiger partial charge in [-0.25, -0.2) is 0 Å². The van der Waals surface area contributed by atoms with Crippen LogP contribution in [0.15, 0.2) is 12.7 Å². The Labute approximate surface area is 75.5 Å². The molecule has 2 unspecified atom stereocenters. The first-order valence-electron chi connectivity index (χ1n) is 4.48. The number of hydrogen-bond acceptors (Lipinski definition) is 1. The van der Waals surface area contributed by atoms with Gasteiger partial charge in [0.05, 0.1) is 0 Å². The first-order valence-corrected chi connectivity index (χ1v) is 5.43. The molecule has 0 aliphatic heterocycles. The van der Waals surface area contributed by atoms with Crippen molar-refractivity contribution in [2.24, 2.45) is 0 Å². The fourth-order valence-corrected chi connectivity index (χ4v) is 2.13. The van der Waals surface area contributed by atoms with E-state index in [1.165, 1.54) is 19.3 Å². The van der Waals surface area contributed by atoms with Gasteiger partial charge in [0.25, 0.3) is 0 Å². The number of unbranched alkanes of at least 4 members (excludes halogenated alkanes) is 1. The monoisotopic (exact) mass is 172 g/mol. The van der Waals surface area contributed by atoms with Crippen LogP contribution in [-0.2, 0) is 0 Å². The largest absolute Gasteiger partial charge is 0.152 e. The Morgan fingerprint density at radius 2 is 2.09 bits per heavy atom. The normalized spacial score (nSPS) is 15.9. The quantitative estimate of drug-likeness (QED) is 0.548. The number of thioether (sulfide) groups is 1. The molecule has 0 N–H and O–H groups in total. The zero-order chi connectivity index (χ0) is 8.69. The molecule has 1 heteroatoms. The van der Waals surface area contributed by atoms with Gasteiger partial charge in [0.1, 0.15) is 0 Å². The van der Waals surface area contributed by atoms with Gasteiger partial charge in [-0.3, -0.25) is 0 Å². The number of rotatable bonds is 6. The average molecular weight is 172 g/mol. The molecule has 0 heterocycles. The minimum atomic E-state index is 0.613. The highest BCUT2D eigenvalue weighted by molar-refractivity contribution is 8.00. The summed E-state index contributed by atoms with van der Waals surface area (Å²) in [5, 5.41) is 1.41. The first kappa shape index (κ1) is 11.1. The Morgan fingerprint density at radius 3 is 2.55 bits per heavy atom. The second-order valence-electron chi connectivity index (χ2n) is 3.03. The molecular formula is C10H20S. The molecule has 0 aromatic carbocycles. The summed E-state index contributed by atoms with van der Waals surface area (Å²) in [5.74, 6) is 0. The summed E-state index contributed by atoms with van der Waals surface area (Å²) in [6, 6.07) is 0. The van der Waals surface area contributed by atoms with Crippen molar-refractivity contribution in [3.63, 3.8) is 0 Å². The molecular weight excluding hydrogens is 152 g/mol. The van der Waals surface area contributed by atoms with Crippen LogP contribution in [0.3, 0.4) is 0 Å². The fourth-order valence-electron chi connectivity index (χ4n) is 0.982. The van der Waals surface area contributed by atoms with Gasteiger partial charge in [0, 0.05) is 10.5 Å². The molecule has 66 valence electrons. The predicted octanol–water partition coefficient (Wildman–Crippen LogP) is 3.87. The molecule has 0 aromatic rings. The van der Waals surface area contributed by atoms with Crippen LogP contribution >= 0.6 is 11.8 Å². The Hall–Kier alpha value is 0.0900. The summed E-state index contributed by atoms with van der Waals surface area (Å²) in [4.78, 5) is 0. The smallest absolute Gasteiger partial charge is 0.0198 e. The van der Waals surface area contributed by atoms with E-state index in [0.29, 0.717) is 5.25 Å². The Morgan fingerprint density at radius 1 is 1.45 bits per heavy atom. The standard InChI is InChI=1S/C10H20S/c1-5-7-8-10(4)11-9(3)6-2/h6,9-10H,2,5,7-8H2,1,3-4H3. The SMILES string of the molecule is C=CC(C)SC(C)CCCC. The molecule has 0 aliphatic rings. The van der Waals surface area contributed by atoms with Crippen LogP contribution in [-0.4, -0.2) is 10.5 Å². The molecule has 0 amide bonds. The second-order valence-corrected chi connectivity index (χ2v) is 4.85. The summed E-state index contributed by atoms with van der Waals surface area (Å²) in [7, 11) is 0. The van der Waals surface area contributed by atoms with E-state index in [1.54, 1.807) is 0 Å². The molecule has 0 saturated heterocycles. The minimum absolute atomic E-state index is 0.613. The van der Waals surface area contributed by atoms with E-state index in [2.05, 4.69) is 27.4 Å². The van der Waals surface area contributed by atoms with Gasteiger partial charge < -0.3 is 0 Å². The van der Waals surface area contributed by atoms with Crippen molar-refractivity contribution in [2.75, 3.05) is 0 Å². The van der Waals surface area contributed by atoms with Gasteiger partial charge in [-0.15, -0.1) is 6.58 Å². The van der Waals surface area contributed by atoms with Crippen molar-refractivity contribution in [3.8, 4) is 0 Å². The van der Waals surface area contributed by atoms with Crippen LogP contribution in [0.25, 0.3) is 0 Å². The van der Waals surface area contributed by atoms with Gasteiger partial charge in [-0.2, -0.15) is 11.8 Å².